The maximum absolute atomic E-state index is 12.2. The molecule has 0 spiro atoms. The highest BCUT2D eigenvalue weighted by atomic mass is 35.5. The summed E-state index contributed by atoms with van der Waals surface area (Å²) in [6.07, 6.45) is 4.47. The van der Waals surface area contributed by atoms with Crippen molar-refractivity contribution in [2.24, 2.45) is 0 Å². The molecule has 19 heavy (non-hydrogen) atoms. The molecular weight excluding hydrogens is 280 g/mol. The second kappa shape index (κ2) is 7.27. The molecule has 1 fully saturated rings. The van der Waals surface area contributed by atoms with Gasteiger partial charge < -0.3 is 10.2 Å². The standard InChI is InChI=1S/C14H21ClN2OS/c1-11(14(18)17-9-3-2-4-10-17)16-8-7-12-5-6-13(15)19-12/h5-6,11,16H,2-4,7-10H2,1H3. The number of carbonyl (C=O) groups is 1. The first-order valence-electron chi connectivity index (χ1n) is 6.93. The van der Waals surface area contributed by atoms with Gasteiger partial charge >= 0.3 is 0 Å². The minimum atomic E-state index is -0.0893. The van der Waals surface area contributed by atoms with E-state index in [9.17, 15) is 4.79 Å². The fraction of sp³-hybridized carbons (Fsp3) is 0.643. The lowest BCUT2D eigenvalue weighted by Gasteiger charge is -2.29. The lowest BCUT2D eigenvalue weighted by Crippen LogP contribution is -2.47. The Morgan fingerprint density at radius 3 is 2.79 bits per heavy atom. The molecule has 1 saturated heterocycles. The third-order valence-corrected chi connectivity index (χ3v) is 4.78. The van der Waals surface area contributed by atoms with Gasteiger partial charge in [0.15, 0.2) is 0 Å². The average molecular weight is 301 g/mol. The molecule has 1 unspecified atom stereocenters. The highest BCUT2D eigenvalue weighted by Gasteiger charge is 2.21. The maximum atomic E-state index is 12.2. The molecule has 1 aliphatic heterocycles. The third kappa shape index (κ3) is 4.48. The Balaban J connectivity index is 1.71. The minimum absolute atomic E-state index is 0.0893. The van der Waals surface area contributed by atoms with Crippen LogP contribution in [-0.4, -0.2) is 36.5 Å². The molecule has 1 amide bonds. The number of piperidine rings is 1. The van der Waals surface area contributed by atoms with Crippen LogP contribution in [0.5, 0.6) is 0 Å². The zero-order valence-electron chi connectivity index (χ0n) is 11.3. The number of rotatable bonds is 5. The highest BCUT2D eigenvalue weighted by Crippen LogP contribution is 2.21. The predicted molar refractivity (Wildman–Crippen MR) is 80.9 cm³/mol. The summed E-state index contributed by atoms with van der Waals surface area (Å²) in [6.45, 7) is 4.62. The van der Waals surface area contributed by atoms with Gasteiger partial charge in [-0.05, 0) is 44.7 Å². The smallest absolute Gasteiger partial charge is 0.239 e. The van der Waals surface area contributed by atoms with Crippen LogP contribution in [0.2, 0.25) is 4.34 Å². The first-order chi connectivity index (χ1) is 9.16. The van der Waals surface area contributed by atoms with Crippen molar-refractivity contribution in [3.8, 4) is 0 Å². The van der Waals surface area contributed by atoms with E-state index in [1.165, 1.54) is 11.3 Å². The molecule has 1 aliphatic rings. The molecule has 3 nitrogen and oxygen atoms in total. The van der Waals surface area contributed by atoms with Gasteiger partial charge in [0.1, 0.15) is 0 Å². The molecule has 0 radical (unpaired) electrons. The lowest BCUT2D eigenvalue weighted by molar-refractivity contribution is -0.133. The zero-order valence-corrected chi connectivity index (χ0v) is 12.9. The van der Waals surface area contributed by atoms with Gasteiger partial charge in [-0.25, -0.2) is 0 Å². The van der Waals surface area contributed by atoms with Crippen LogP contribution in [0, 0.1) is 0 Å². The van der Waals surface area contributed by atoms with Crippen LogP contribution in [-0.2, 0) is 11.2 Å². The number of thiophene rings is 1. The molecular formula is C14H21ClN2OS. The first-order valence-corrected chi connectivity index (χ1v) is 8.12. The number of likely N-dealkylation sites (tertiary alicyclic amines) is 1. The van der Waals surface area contributed by atoms with E-state index in [4.69, 9.17) is 11.6 Å². The number of nitrogens with one attached hydrogen (secondary N) is 1. The Morgan fingerprint density at radius 2 is 2.16 bits per heavy atom. The first kappa shape index (κ1) is 14.8. The quantitative estimate of drug-likeness (QED) is 0.907. The molecule has 5 heteroatoms. The summed E-state index contributed by atoms with van der Waals surface area (Å²) in [5.74, 6) is 0.240. The van der Waals surface area contributed by atoms with Gasteiger partial charge in [0, 0.05) is 24.5 Å². The summed E-state index contributed by atoms with van der Waals surface area (Å²) >= 11 is 7.50. The Bertz CT molecular complexity index is 415. The van der Waals surface area contributed by atoms with Crippen LogP contribution in [0.3, 0.4) is 0 Å². The van der Waals surface area contributed by atoms with Crippen LogP contribution < -0.4 is 5.32 Å². The molecule has 0 aromatic carbocycles. The number of hydrogen-bond donors (Lipinski definition) is 1. The Morgan fingerprint density at radius 1 is 1.42 bits per heavy atom. The van der Waals surface area contributed by atoms with Crippen LogP contribution in [0.15, 0.2) is 12.1 Å². The SMILES string of the molecule is CC(NCCc1ccc(Cl)s1)C(=O)N1CCCCC1. The second-order valence-electron chi connectivity index (χ2n) is 5.02. The van der Waals surface area contributed by atoms with E-state index in [1.54, 1.807) is 11.3 Å². The molecule has 1 N–H and O–H groups in total. The fourth-order valence-corrected chi connectivity index (χ4v) is 3.46. The Kier molecular flexibility index (Phi) is 5.67. The molecule has 0 saturated carbocycles. The summed E-state index contributed by atoms with van der Waals surface area (Å²) in [7, 11) is 0. The van der Waals surface area contributed by atoms with Crippen molar-refractivity contribution in [2.75, 3.05) is 19.6 Å². The van der Waals surface area contributed by atoms with Gasteiger partial charge in [-0.1, -0.05) is 11.6 Å². The van der Waals surface area contributed by atoms with Crippen molar-refractivity contribution in [1.82, 2.24) is 10.2 Å². The molecule has 1 atom stereocenters. The van der Waals surface area contributed by atoms with E-state index in [0.717, 1.165) is 43.2 Å². The van der Waals surface area contributed by atoms with Gasteiger partial charge in [0.2, 0.25) is 5.91 Å². The van der Waals surface area contributed by atoms with E-state index in [0.29, 0.717) is 0 Å². The van der Waals surface area contributed by atoms with E-state index in [2.05, 4.69) is 5.32 Å². The third-order valence-electron chi connectivity index (χ3n) is 3.49. The van der Waals surface area contributed by atoms with Gasteiger partial charge in [-0.2, -0.15) is 0 Å². The van der Waals surface area contributed by atoms with Gasteiger partial charge in [-0.15, -0.1) is 11.3 Å². The van der Waals surface area contributed by atoms with Crippen molar-refractivity contribution in [2.45, 2.75) is 38.6 Å². The summed E-state index contributed by atoms with van der Waals surface area (Å²) in [5, 5.41) is 3.31. The normalized spacial score (nSPS) is 17.5. The summed E-state index contributed by atoms with van der Waals surface area (Å²) in [6, 6.07) is 3.88. The van der Waals surface area contributed by atoms with Crippen molar-refractivity contribution < 1.29 is 4.79 Å². The Hall–Kier alpha value is -0.580. The zero-order chi connectivity index (χ0) is 13.7. The monoisotopic (exact) mass is 300 g/mol. The van der Waals surface area contributed by atoms with E-state index < -0.39 is 0 Å². The average Bonchev–Trinajstić information content (AvgIpc) is 2.84. The molecule has 0 aliphatic carbocycles. The molecule has 1 aromatic rings. The summed E-state index contributed by atoms with van der Waals surface area (Å²) in [4.78, 5) is 15.4. The van der Waals surface area contributed by atoms with Crippen molar-refractivity contribution >= 4 is 28.8 Å². The van der Waals surface area contributed by atoms with Crippen molar-refractivity contribution in [1.29, 1.82) is 0 Å². The van der Waals surface area contributed by atoms with Crippen LogP contribution in [0.1, 0.15) is 31.1 Å². The highest BCUT2D eigenvalue weighted by molar-refractivity contribution is 7.16. The molecule has 106 valence electrons. The number of hydrogen-bond acceptors (Lipinski definition) is 3. The predicted octanol–water partition coefficient (Wildman–Crippen LogP) is 2.93. The van der Waals surface area contributed by atoms with Gasteiger partial charge in [0.05, 0.1) is 10.4 Å². The van der Waals surface area contributed by atoms with Gasteiger partial charge in [0.25, 0.3) is 0 Å². The minimum Gasteiger partial charge on any atom is -0.341 e. The molecule has 2 heterocycles. The maximum Gasteiger partial charge on any atom is 0.239 e. The largest absolute Gasteiger partial charge is 0.341 e. The van der Waals surface area contributed by atoms with Crippen LogP contribution >= 0.6 is 22.9 Å². The van der Waals surface area contributed by atoms with E-state index in [1.807, 2.05) is 24.0 Å². The van der Waals surface area contributed by atoms with Crippen LogP contribution in [0.4, 0.5) is 0 Å². The number of halogens is 1. The topological polar surface area (TPSA) is 32.3 Å². The van der Waals surface area contributed by atoms with E-state index >= 15 is 0 Å². The molecule has 1 aromatic heterocycles. The number of amides is 1. The molecule has 0 bridgehead atoms. The number of carbonyl (C=O) groups excluding carboxylic acids is 1. The summed E-state index contributed by atoms with van der Waals surface area (Å²) in [5.41, 5.74) is 0. The molecule has 2 rings (SSSR count). The van der Waals surface area contributed by atoms with E-state index in [-0.39, 0.29) is 11.9 Å². The fourth-order valence-electron chi connectivity index (χ4n) is 2.37. The second-order valence-corrected chi connectivity index (χ2v) is 6.82. The number of nitrogens with zero attached hydrogens (tertiary/aromatic N) is 1. The van der Waals surface area contributed by atoms with Gasteiger partial charge in [-0.3, -0.25) is 4.79 Å². The van der Waals surface area contributed by atoms with Crippen molar-refractivity contribution in [3.63, 3.8) is 0 Å². The van der Waals surface area contributed by atoms with Crippen molar-refractivity contribution in [3.05, 3.63) is 21.3 Å². The summed E-state index contributed by atoms with van der Waals surface area (Å²) < 4.78 is 0.826. The van der Waals surface area contributed by atoms with Crippen LogP contribution in [0.25, 0.3) is 0 Å². The lowest BCUT2D eigenvalue weighted by atomic mass is 10.1. The Labute approximate surface area is 123 Å².